The zero-order valence-electron chi connectivity index (χ0n) is 16.3. The molecule has 0 radical (unpaired) electrons. The van der Waals surface area contributed by atoms with Crippen molar-refractivity contribution < 1.29 is 19.8 Å². The molecule has 29 heavy (non-hydrogen) atoms. The fourth-order valence-electron chi connectivity index (χ4n) is 4.29. The van der Waals surface area contributed by atoms with Crippen LogP contribution in [0.2, 0.25) is 0 Å². The standard InChI is InChI=1S/C20H24N4O2.CH2O2/c1-13(25)21-18-9-15-11-24(12-16(15)10-19(18)26)20-8-7-17(22-23-20)14-5-3-2-4-6-14;2-1-3/h2-8,15-16,18-19,26H,9-12H2,1H3,(H,21,25);1H,(H,2,3)/t15-,16+,18-,19-;/m1./s1. The summed E-state index contributed by atoms with van der Waals surface area (Å²) >= 11 is 0. The summed E-state index contributed by atoms with van der Waals surface area (Å²) < 4.78 is 0. The van der Waals surface area contributed by atoms with Gasteiger partial charge in [-0.15, -0.1) is 10.2 Å². The Morgan fingerprint density at radius 1 is 1.10 bits per heavy atom. The average Bonchev–Trinajstić information content (AvgIpc) is 3.12. The maximum Gasteiger partial charge on any atom is 0.290 e. The molecule has 1 saturated heterocycles. The largest absolute Gasteiger partial charge is 0.483 e. The van der Waals surface area contributed by atoms with Crippen molar-refractivity contribution >= 4 is 18.2 Å². The summed E-state index contributed by atoms with van der Waals surface area (Å²) in [6, 6.07) is 13.9. The lowest BCUT2D eigenvalue weighted by atomic mass is 9.77. The molecule has 1 amide bonds. The van der Waals surface area contributed by atoms with E-state index in [2.05, 4.69) is 20.4 Å². The maximum absolute atomic E-state index is 11.3. The predicted octanol–water partition coefficient (Wildman–Crippen LogP) is 1.56. The highest BCUT2D eigenvalue weighted by Crippen LogP contribution is 2.38. The number of nitrogens with one attached hydrogen (secondary N) is 1. The van der Waals surface area contributed by atoms with Gasteiger partial charge >= 0.3 is 0 Å². The third-order valence-corrected chi connectivity index (χ3v) is 5.57. The summed E-state index contributed by atoms with van der Waals surface area (Å²) in [4.78, 5) is 21.9. The monoisotopic (exact) mass is 398 g/mol. The van der Waals surface area contributed by atoms with Gasteiger partial charge in [0, 0.05) is 25.6 Å². The Kier molecular flexibility index (Phi) is 6.77. The van der Waals surface area contributed by atoms with Crippen LogP contribution in [0.25, 0.3) is 11.3 Å². The molecule has 2 fully saturated rings. The third kappa shape index (κ3) is 5.08. The number of hydrogen-bond acceptors (Lipinski definition) is 6. The van der Waals surface area contributed by atoms with E-state index in [1.54, 1.807) is 0 Å². The van der Waals surface area contributed by atoms with Gasteiger partial charge in [0.2, 0.25) is 5.91 Å². The number of rotatable bonds is 3. The number of carboxylic acid groups (broad SMARTS) is 1. The lowest BCUT2D eigenvalue weighted by Crippen LogP contribution is -2.48. The van der Waals surface area contributed by atoms with Gasteiger partial charge in [0.25, 0.3) is 6.47 Å². The van der Waals surface area contributed by atoms with Gasteiger partial charge in [0.05, 0.1) is 17.8 Å². The summed E-state index contributed by atoms with van der Waals surface area (Å²) in [5, 5.41) is 28.9. The summed E-state index contributed by atoms with van der Waals surface area (Å²) in [5.74, 6) is 1.70. The Morgan fingerprint density at radius 3 is 2.34 bits per heavy atom. The van der Waals surface area contributed by atoms with E-state index < -0.39 is 6.10 Å². The first kappa shape index (κ1) is 20.7. The Labute approximate surface area is 169 Å². The highest BCUT2D eigenvalue weighted by atomic mass is 16.3. The number of anilines is 1. The van der Waals surface area contributed by atoms with E-state index in [0.717, 1.165) is 43.0 Å². The molecule has 8 nitrogen and oxygen atoms in total. The molecule has 1 aliphatic carbocycles. The Bertz CT molecular complexity index is 815. The molecule has 2 aliphatic rings. The van der Waals surface area contributed by atoms with E-state index in [9.17, 15) is 9.90 Å². The topological polar surface area (TPSA) is 116 Å². The highest BCUT2D eigenvalue weighted by Gasteiger charge is 2.42. The van der Waals surface area contributed by atoms with Crippen molar-refractivity contribution in [1.82, 2.24) is 15.5 Å². The van der Waals surface area contributed by atoms with Crippen LogP contribution in [0.5, 0.6) is 0 Å². The zero-order chi connectivity index (χ0) is 20.8. The molecule has 0 bridgehead atoms. The molecular formula is C21H26N4O4. The number of amides is 1. The fraction of sp³-hybridized carbons (Fsp3) is 0.429. The van der Waals surface area contributed by atoms with Gasteiger partial charge in [-0.05, 0) is 36.8 Å². The minimum absolute atomic E-state index is 0.0790. The first-order valence-electron chi connectivity index (χ1n) is 9.69. The minimum Gasteiger partial charge on any atom is -0.483 e. The molecule has 2 heterocycles. The van der Waals surface area contributed by atoms with Crippen molar-refractivity contribution in [2.45, 2.75) is 31.9 Å². The molecule has 0 unspecified atom stereocenters. The lowest BCUT2D eigenvalue weighted by Gasteiger charge is -2.35. The normalized spacial score (nSPS) is 25.4. The number of hydrogen-bond donors (Lipinski definition) is 3. The van der Waals surface area contributed by atoms with Gasteiger partial charge in [-0.2, -0.15) is 0 Å². The van der Waals surface area contributed by atoms with E-state index >= 15 is 0 Å². The molecule has 1 aromatic carbocycles. The number of carbonyl (C=O) groups excluding carboxylic acids is 1. The smallest absolute Gasteiger partial charge is 0.290 e. The van der Waals surface area contributed by atoms with Crippen molar-refractivity contribution in [2.75, 3.05) is 18.0 Å². The summed E-state index contributed by atoms with van der Waals surface area (Å²) in [6.07, 6.45) is 1.07. The molecule has 154 valence electrons. The fourth-order valence-corrected chi connectivity index (χ4v) is 4.29. The summed E-state index contributed by atoms with van der Waals surface area (Å²) in [5.41, 5.74) is 1.93. The van der Waals surface area contributed by atoms with Crippen molar-refractivity contribution in [3.63, 3.8) is 0 Å². The first-order chi connectivity index (χ1) is 14.0. The number of aliphatic hydroxyl groups is 1. The van der Waals surface area contributed by atoms with Crippen molar-refractivity contribution in [2.24, 2.45) is 11.8 Å². The molecular weight excluding hydrogens is 372 g/mol. The Balaban J connectivity index is 0.000000755. The van der Waals surface area contributed by atoms with Crippen LogP contribution in [-0.4, -0.2) is 58.0 Å². The number of nitrogens with zero attached hydrogens (tertiary/aromatic N) is 3. The summed E-state index contributed by atoms with van der Waals surface area (Å²) in [7, 11) is 0. The number of benzene rings is 1. The van der Waals surface area contributed by atoms with Gasteiger partial charge < -0.3 is 20.4 Å². The van der Waals surface area contributed by atoms with Crippen LogP contribution in [0.4, 0.5) is 5.82 Å². The van der Waals surface area contributed by atoms with Gasteiger partial charge in [-0.1, -0.05) is 30.3 Å². The van der Waals surface area contributed by atoms with Gasteiger partial charge in [-0.3, -0.25) is 9.59 Å². The number of carbonyl (C=O) groups is 2. The van der Waals surface area contributed by atoms with Crippen LogP contribution >= 0.6 is 0 Å². The minimum atomic E-state index is -0.466. The predicted molar refractivity (Wildman–Crippen MR) is 108 cm³/mol. The maximum atomic E-state index is 11.3. The molecule has 4 atom stereocenters. The van der Waals surface area contributed by atoms with Crippen LogP contribution in [0.15, 0.2) is 42.5 Å². The van der Waals surface area contributed by atoms with Crippen LogP contribution < -0.4 is 10.2 Å². The molecule has 1 saturated carbocycles. The number of aliphatic hydroxyl groups excluding tert-OH is 1. The molecule has 0 spiro atoms. The first-order valence-corrected chi connectivity index (χ1v) is 9.69. The van der Waals surface area contributed by atoms with Crippen LogP contribution in [0.3, 0.4) is 0 Å². The highest BCUT2D eigenvalue weighted by molar-refractivity contribution is 5.73. The van der Waals surface area contributed by atoms with E-state index in [-0.39, 0.29) is 18.4 Å². The molecule has 1 aliphatic heterocycles. The lowest BCUT2D eigenvalue weighted by molar-refractivity contribution is -0.123. The zero-order valence-corrected chi connectivity index (χ0v) is 16.3. The SMILES string of the molecule is CC(=O)N[C@@H]1C[C@@H]2CN(c3ccc(-c4ccccc4)nn3)C[C@@H]2C[C@H]1O.O=CO. The van der Waals surface area contributed by atoms with E-state index in [4.69, 9.17) is 9.90 Å². The molecule has 2 aromatic rings. The molecule has 4 rings (SSSR count). The van der Waals surface area contributed by atoms with Crippen LogP contribution in [-0.2, 0) is 9.59 Å². The number of fused-ring (bicyclic) bond motifs is 1. The Morgan fingerprint density at radius 2 is 1.76 bits per heavy atom. The van der Waals surface area contributed by atoms with E-state index in [1.807, 2.05) is 42.5 Å². The van der Waals surface area contributed by atoms with E-state index in [0.29, 0.717) is 11.8 Å². The molecule has 1 aromatic heterocycles. The second-order valence-corrected chi connectivity index (χ2v) is 7.52. The quantitative estimate of drug-likeness (QED) is 0.672. The average molecular weight is 398 g/mol. The molecule has 3 N–H and O–H groups in total. The van der Waals surface area contributed by atoms with Crippen molar-refractivity contribution in [3.05, 3.63) is 42.5 Å². The van der Waals surface area contributed by atoms with Crippen molar-refractivity contribution in [1.29, 1.82) is 0 Å². The summed E-state index contributed by atoms with van der Waals surface area (Å²) in [6.45, 7) is 3.03. The van der Waals surface area contributed by atoms with Gasteiger partial charge in [-0.25, -0.2) is 0 Å². The van der Waals surface area contributed by atoms with Gasteiger partial charge in [0.15, 0.2) is 5.82 Å². The Hall–Kier alpha value is -3.00. The third-order valence-electron chi connectivity index (χ3n) is 5.57. The molecule has 8 heteroatoms. The van der Waals surface area contributed by atoms with Crippen LogP contribution in [0.1, 0.15) is 19.8 Å². The van der Waals surface area contributed by atoms with Crippen LogP contribution in [0, 0.1) is 11.8 Å². The van der Waals surface area contributed by atoms with E-state index in [1.165, 1.54) is 6.92 Å². The number of aromatic nitrogens is 2. The van der Waals surface area contributed by atoms with Gasteiger partial charge in [0.1, 0.15) is 0 Å². The van der Waals surface area contributed by atoms with Crippen molar-refractivity contribution in [3.8, 4) is 11.3 Å². The second-order valence-electron chi connectivity index (χ2n) is 7.52. The second kappa shape index (κ2) is 9.47.